The Balaban J connectivity index is 1.67. The van der Waals surface area contributed by atoms with Crippen LogP contribution in [-0.4, -0.2) is 55.6 Å². The van der Waals surface area contributed by atoms with Crippen molar-refractivity contribution >= 4 is 11.9 Å². The number of aliphatic hydroxyl groups is 3. The number of hydrogen-bond donors (Lipinski definition) is 4. The minimum absolute atomic E-state index is 0.00890. The predicted molar refractivity (Wildman–Crippen MR) is 91.8 cm³/mol. The fourth-order valence-corrected chi connectivity index (χ4v) is 2.67. The van der Waals surface area contributed by atoms with Crippen LogP contribution in [0.25, 0.3) is 0 Å². The number of carbonyl (C=O) groups excluding carboxylic acids is 1. The fourth-order valence-electron chi connectivity index (χ4n) is 2.67. The maximum atomic E-state index is 14.3. The monoisotopic (exact) mass is 395 g/mol. The number of hydrogen-bond acceptors (Lipinski definition) is 8. The molecule has 150 valence electrons. The number of carbonyl (C=O) groups is 1. The highest BCUT2D eigenvalue weighted by Crippen LogP contribution is 2.38. The van der Waals surface area contributed by atoms with E-state index in [1.807, 2.05) is 6.07 Å². The number of halogens is 1. The molecule has 0 aliphatic carbocycles. The van der Waals surface area contributed by atoms with E-state index in [-0.39, 0.29) is 12.4 Å². The van der Waals surface area contributed by atoms with Crippen molar-refractivity contribution in [2.45, 2.75) is 30.9 Å². The van der Waals surface area contributed by atoms with Crippen molar-refractivity contribution in [3.8, 4) is 0 Å². The molecule has 0 radical (unpaired) electrons. The fraction of sp³-hybridized carbons (Fsp3) is 0.353. The summed E-state index contributed by atoms with van der Waals surface area (Å²) in [7, 11) is 0. The molecule has 1 aromatic heterocycles. The van der Waals surface area contributed by atoms with Crippen molar-refractivity contribution in [3.05, 3.63) is 58.6 Å². The quantitative estimate of drug-likeness (QED) is 0.550. The Kier molecular flexibility index (Phi) is 5.70. The zero-order valence-electron chi connectivity index (χ0n) is 14.4. The highest BCUT2D eigenvalue weighted by Gasteiger charge is 2.57. The van der Waals surface area contributed by atoms with Gasteiger partial charge in [0.05, 0.1) is 6.61 Å². The van der Waals surface area contributed by atoms with E-state index in [0.29, 0.717) is 4.57 Å². The molecule has 28 heavy (non-hydrogen) atoms. The van der Waals surface area contributed by atoms with Crippen LogP contribution in [0.3, 0.4) is 0 Å². The van der Waals surface area contributed by atoms with Crippen molar-refractivity contribution in [2.24, 2.45) is 0 Å². The molecule has 0 bridgehead atoms. The molecule has 0 saturated carbocycles. The van der Waals surface area contributed by atoms with Gasteiger partial charge in [-0.15, -0.1) is 0 Å². The van der Waals surface area contributed by atoms with Crippen LogP contribution >= 0.6 is 0 Å². The molecular weight excluding hydrogens is 377 g/mol. The van der Waals surface area contributed by atoms with Crippen LogP contribution in [0.2, 0.25) is 0 Å². The second-order valence-corrected chi connectivity index (χ2v) is 6.07. The van der Waals surface area contributed by atoms with E-state index in [2.05, 4.69) is 10.3 Å². The van der Waals surface area contributed by atoms with Crippen LogP contribution in [0.15, 0.2) is 47.4 Å². The van der Waals surface area contributed by atoms with Gasteiger partial charge in [-0.05, 0) is 11.6 Å². The first-order chi connectivity index (χ1) is 13.3. The molecule has 2 heterocycles. The summed E-state index contributed by atoms with van der Waals surface area (Å²) in [6.45, 7) is -0.756. The van der Waals surface area contributed by atoms with Gasteiger partial charge in [-0.3, -0.25) is 9.88 Å². The summed E-state index contributed by atoms with van der Waals surface area (Å²) in [4.78, 5) is 27.5. The maximum Gasteiger partial charge on any atom is 0.413 e. The van der Waals surface area contributed by atoms with E-state index in [9.17, 15) is 24.2 Å². The molecule has 1 amide bonds. The Labute approximate surface area is 157 Å². The number of ether oxygens (including phenoxy) is 2. The van der Waals surface area contributed by atoms with Crippen molar-refractivity contribution in [3.63, 3.8) is 0 Å². The zero-order chi connectivity index (χ0) is 20.3. The van der Waals surface area contributed by atoms with E-state index in [1.165, 1.54) is 0 Å². The van der Waals surface area contributed by atoms with E-state index < -0.39 is 42.7 Å². The summed E-state index contributed by atoms with van der Waals surface area (Å²) >= 11 is 0. The van der Waals surface area contributed by atoms with Gasteiger partial charge < -0.3 is 24.8 Å². The Morgan fingerprint density at radius 1 is 1.36 bits per heavy atom. The summed E-state index contributed by atoms with van der Waals surface area (Å²) in [5, 5.41) is 30.7. The van der Waals surface area contributed by atoms with Gasteiger partial charge >= 0.3 is 11.8 Å². The summed E-state index contributed by atoms with van der Waals surface area (Å²) in [6, 6.07) is 10.1. The second kappa shape index (κ2) is 8.02. The summed E-state index contributed by atoms with van der Waals surface area (Å²) in [6.07, 6.45) is -5.23. The topological polar surface area (TPSA) is 143 Å². The predicted octanol–water partition coefficient (Wildman–Crippen LogP) is -0.0993. The molecule has 11 heteroatoms. The summed E-state index contributed by atoms with van der Waals surface area (Å²) in [5.74, 6) is -3.48. The molecule has 4 atom stereocenters. The molecule has 10 nitrogen and oxygen atoms in total. The highest BCUT2D eigenvalue weighted by atomic mass is 19.2. The SMILES string of the molecule is O=C(Nc1ccn([C@@H]2O[C@H](CO)[C@@H](O)[C@]2(O)F)c(=O)n1)OCc1ccccc1. The Hall–Kier alpha value is -2.86. The van der Waals surface area contributed by atoms with Crippen molar-refractivity contribution in [2.75, 3.05) is 11.9 Å². The largest absolute Gasteiger partial charge is 0.444 e. The Morgan fingerprint density at radius 2 is 2.07 bits per heavy atom. The van der Waals surface area contributed by atoms with Gasteiger partial charge in [0.2, 0.25) is 0 Å². The Bertz CT molecular complexity index is 890. The number of alkyl halides is 1. The van der Waals surface area contributed by atoms with Crippen LogP contribution in [0.5, 0.6) is 0 Å². The van der Waals surface area contributed by atoms with Crippen LogP contribution in [0.1, 0.15) is 11.8 Å². The zero-order valence-corrected chi connectivity index (χ0v) is 14.4. The molecule has 3 rings (SSSR count). The number of nitrogens with zero attached hydrogens (tertiary/aromatic N) is 2. The number of anilines is 1. The first kappa shape index (κ1) is 19.9. The minimum atomic E-state index is -3.32. The summed E-state index contributed by atoms with van der Waals surface area (Å²) in [5.41, 5.74) is -0.300. The van der Waals surface area contributed by atoms with Crippen molar-refractivity contribution < 1.29 is 34.0 Å². The van der Waals surface area contributed by atoms with E-state index in [0.717, 1.165) is 17.8 Å². The van der Waals surface area contributed by atoms with Crippen LogP contribution in [0.4, 0.5) is 15.0 Å². The average Bonchev–Trinajstić information content (AvgIpc) is 2.90. The lowest BCUT2D eigenvalue weighted by atomic mass is 10.1. The molecular formula is C17H18FN3O7. The molecule has 1 aliphatic rings. The third kappa shape index (κ3) is 4.02. The van der Waals surface area contributed by atoms with Gasteiger partial charge in [-0.2, -0.15) is 4.98 Å². The summed E-state index contributed by atoms with van der Waals surface area (Å²) < 4.78 is 24.9. The van der Waals surface area contributed by atoms with E-state index in [1.54, 1.807) is 24.3 Å². The third-order valence-corrected chi connectivity index (χ3v) is 4.12. The van der Waals surface area contributed by atoms with Crippen LogP contribution in [0, 0.1) is 0 Å². The van der Waals surface area contributed by atoms with E-state index >= 15 is 0 Å². The standard InChI is InChI=1S/C17H18FN3O7/c18-17(26)13(23)11(8-22)28-14(17)21-7-6-12(19-15(21)24)20-16(25)27-9-10-4-2-1-3-5-10/h1-7,11,13-14,22-23,26H,8-9H2,(H,19,20,24,25)/t11-,13-,14-,17-/m1/s1. The molecule has 1 aliphatic heterocycles. The first-order valence-electron chi connectivity index (χ1n) is 8.25. The van der Waals surface area contributed by atoms with Gasteiger partial charge in [-0.25, -0.2) is 14.0 Å². The minimum Gasteiger partial charge on any atom is -0.444 e. The molecule has 2 aromatic rings. The Morgan fingerprint density at radius 3 is 2.68 bits per heavy atom. The number of amides is 1. The lowest BCUT2D eigenvalue weighted by Gasteiger charge is -2.23. The molecule has 0 spiro atoms. The average molecular weight is 395 g/mol. The maximum absolute atomic E-state index is 14.3. The lowest BCUT2D eigenvalue weighted by molar-refractivity contribution is -0.196. The van der Waals surface area contributed by atoms with Crippen LogP contribution < -0.4 is 11.0 Å². The van der Waals surface area contributed by atoms with Gasteiger partial charge in [0.1, 0.15) is 24.6 Å². The first-order valence-corrected chi connectivity index (χ1v) is 8.25. The highest BCUT2D eigenvalue weighted by molar-refractivity contribution is 5.83. The molecule has 0 unspecified atom stereocenters. The van der Waals surface area contributed by atoms with Gasteiger partial charge in [0.15, 0.2) is 6.23 Å². The molecule has 4 N–H and O–H groups in total. The van der Waals surface area contributed by atoms with Crippen LogP contribution in [-0.2, 0) is 16.1 Å². The van der Waals surface area contributed by atoms with Gasteiger partial charge in [0, 0.05) is 6.20 Å². The third-order valence-electron chi connectivity index (χ3n) is 4.12. The van der Waals surface area contributed by atoms with Gasteiger partial charge in [0.25, 0.3) is 5.85 Å². The number of nitrogens with one attached hydrogen (secondary N) is 1. The molecule has 1 saturated heterocycles. The van der Waals surface area contributed by atoms with E-state index in [4.69, 9.17) is 14.6 Å². The van der Waals surface area contributed by atoms with Crippen molar-refractivity contribution in [1.29, 1.82) is 0 Å². The molecule has 1 fully saturated rings. The second-order valence-electron chi connectivity index (χ2n) is 6.07. The van der Waals surface area contributed by atoms with Gasteiger partial charge in [-0.1, -0.05) is 30.3 Å². The number of benzene rings is 1. The normalized spacial score (nSPS) is 26.8. The number of aliphatic hydroxyl groups excluding tert-OH is 2. The lowest BCUT2D eigenvalue weighted by Crippen LogP contribution is -2.45. The molecule has 1 aromatic carbocycles. The number of aromatic nitrogens is 2. The van der Waals surface area contributed by atoms with Crippen molar-refractivity contribution in [1.82, 2.24) is 9.55 Å². The smallest absolute Gasteiger partial charge is 0.413 e. The number of rotatable bonds is 5.